The molecule has 0 fully saturated rings. The fraction of sp³-hybridized carbons (Fsp3) is 0. The summed E-state index contributed by atoms with van der Waals surface area (Å²) in [6, 6.07) is 14.7. The first-order chi connectivity index (χ1) is 12.0. The minimum atomic E-state index is -4.31. The third kappa shape index (κ3) is 3.92. The Bertz CT molecular complexity index is 979. The molecular weight excluding hydrogens is 350 g/mol. The van der Waals surface area contributed by atoms with E-state index in [1.807, 2.05) is 6.07 Å². The standard InChI is InChI=1S/C17H12F2N2O3S/c18-14-7-4-8-15(17(14)19)25(22,23)21-16-10-9-13(11-20-16)24-12-5-2-1-3-6-12/h1-11H,(H,20,21). The summed E-state index contributed by atoms with van der Waals surface area (Å²) in [6.07, 6.45) is 1.31. The molecule has 0 atom stereocenters. The minimum Gasteiger partial charge on any atom is -0.456 e. The van der Waals surface area contributed by atoms with E-state index < -0.39 is 26.6 Å². The molecule has 3 aromatic rings. The predicted molar refractivity (Wildman–Crippen MR) is 87.9 cm³/mol. The second kappa shape index (κ2) is 6.86. The van der Waals surface area contributed by atoms with E-state index >= 15 is 0 Å². The molecule has 5 nitrogen and oxygen atoms in total. The molecule has 0 aliphatic rings. The Hall–Kier alpha value is -3.00. The van der Waals surface area contributed by atoms with E-state index in [2.05, 4.69) is 9.71 Å². The zero-order valence-corrected chi connectivity index (χ0v) is 13.5. The number of nitrogens with one attached hydrogen (secondary N) is 1. The average molecular weight is 362 g/mol. The van der Waals surface area contributed by atoms with E-state index in [0.717, 1.165) is 18.2 Å². The largest absolute Gasteiger partial charge is 0.456 e. The Morgan fingerprint density at radius 2 is 1.64 bits per heavy atom. The third-order valence-electron chi connectivity index (χ3n) is 3.16. The van der Waals surface area contributed by atoms with Crippen molar-refractivity contribution in [1.29, 1.82) is 0 Å². The summed E-state index contributed by atoms with van der Waals surface area (Å²) < 4.78 is 58.8. The average Bonchev–Trinajstić information content (AvgIpc) is 2.59. The summed E-state index contributed by atoms with van der Waals surface area (Å²) in [4.78, 5) is 3.11. The van der Waals surface area contributed by atoms with E-state index in [-0.39, 0.29) is 5.82 Å². The van der Waals surface area contributed by atoms with Crippen LogP contribution in [0.4, 0.5) is 14.6 Å². The Morgan fingerprint density at radius 1 is 0.880 bits per heavy atom. The first-order valence-electron chi connectivity index (χ1n) is 7.11. The summed E-state index contributed by atoms with van der Waals surface area (Å²) in [7, 11) is -4.31. The maximum atomic E-state index is 13.7. The highest BCUT2D eigenvalue weighted by molar-refractivity contribution is 7.92. The van der Waals surface area contributed by atoms with Crippen LogP contribution in [-0.4, -0.2) is 13.4 Å². The Balaban J connectivity index is 1.78. The van der Waals surface area contributed by atoms with Crippen molar-refractivity contribution >= 4 is 15.8 Å². The molecule has 8 heteroatoms. The lowest BCUT2D eigenvalue weighted by Gasteiger charge is -2.09. The molecule has 0 amide bonds. The highest BCUT2D eigenvalue weighted by Crippen LogP contribution is 2.23. The van der Waals surface area contributed by atoms with Crippen molar-refractivity contribution in [3.05, 3.63) is 78.5 Å². The van der Waals surface area contributed by atoms with E-state index in [1.165, 1.54) is 18.3 Å². The van der Waals surface area contributed by atoms with Crippen LogP contribution in [0, 0.1) is 11.6 Å². The minimum absolute atomic E-state index is 0.0518. The number of sulfonamides is 1. The monoisotopic (exact) mass is 362 g/mol. The lowest BCUT2D eigenvalue weighted by atomic mass is 10.3. The van der Waals surface area contributed by atoms with Gasteiger partial charge < -0.3 is 4.74 Å². The Morgan fingerprint density at radius 3 is 2.32 bits per heavy atom. The summed E-state index contributed by atoms with van der Waals surface area (Å²) in [6.45, 7) is 0. The van der Waals surface area contributed by atoms with Crippen LogP contribution in [0.15, 0.2) is 71.8 Å². The number of halogens is 2. The van der Waals surface area contributed by atoms with Crippen LogP contribution in [-0.2, 0) is 10.0 Å². The van der Waals surface area contributed by atoms with E-state index in [1.54, 1.807) is 24.3 Å². The number of para-hydroxylation sites is 1. The second-order valence-electron chi connectivity index (χ2n) is 4.95. The van der Waals surface area contributed by atoms with Gasteiger partial charge in [-0.15, -0.1) is 0 Å². The molecule has 2 aromatic carbocycles. The number of pyridine rings is 1. The van der Waals surface area contributed by atoms with Crippen LogP contribution in [0.2, 0.25) is 0 Å². The molecule has 0 aliphatic heterocycles. The van der Waals surface area contributed by atoms with Crippen molar-refractivity contribution in [3.8, 4) is 11.5 Å². The molecule has 0 aliphatic carbocycles. The molecule has 0 saturated heterocycles. The zero-order chi connectivity index (χ0) is 17.9. The van der Waals surface area contributed by atoms with Crippen molar-refractivity contribution < 1.29 is 21.9 Å². The first-order valence-corrected chi connectivity index (χ1v) is 8.60. The van der Waals surface area contributed by atoms with Crippen LogP contribution in [0.1, 0.15) is 0 Å². The van der Waals surface area contributed by atoms with Gasteiger partial charge in [-0.2, -0.15) is 0 Å². The number of ether oxygens (including phenoxy) is 1. The second-order valence-corrected chi connectivity index (χ2v) is 6.60. The molecule has 0 unspecified atom stereocenters. The molecule has 0 spiro atoms. The highest BCUT2D eigenvalue weighted by Gasteiger charge is 2.22. The highest BCUT2D eigenvalue weighted by atomic mass is 32.2. The van der Waals surface area contributed by atoms with Crippen molar-refractivity contribution in [3.63, 3.8) is 0 Å². The molecule has 0 bridgehead atoms. The summed E-state index contributed by atoms with van der Waals surface area (Å²) >= 11 is 0. The van der Waals surface area contributed by atoms with Gasteiger partial charge in [0.25, 0.3) is 10.0 Å². The van der Waals surface area contributed by atoms with Gasteiger partial charge in [-0.25, -0.2) is 22.2 Å². The van der Waals surface area contributed by atoms with Gasteiger partial charge >= 0.3 is 0 Å². The van der Waals surface area contributed by atoms with Crippen molar-refractivity contribution in [2.45, 2.75) is 4.90 Å². The van der Waals surface area contributed by atoms with Crippen LogP contribution < -0.4 is 9.46 Å². The maximum absolute atomic E-state index is 13.7. The van der Waals surface area contributed by atoms with Gasteiger partial charge in [0.15, 0.2) is 11.6 Å². The smallest absolute Gasteiger partial charge is 0.266 e. The number of benzene rings is 2. The quantitative estimate of drug-likeness (QED) is 0.746. The molecule has 1 heterocycles. The summed E-state index contributed by atoms with van der Waals surface area (Å²) in [5.41, 5.74) is 0. The zero-order valence-electron chi connectivity index (χ0n) is 12.7. The lowest BCUT2D eigenvalue weighted by Crippen LogP contribution is -2.16. The van der Waals surface area contributed by atoms with Gasteiger partial charge in [0.1, 0.15) is 22.2 Å². The van der Waals surface area contributed by atoms with E-state index in [9.17, 15) is 17.2 Å². The molecule has 128 valence electrons. The summed E-state index contributed by atoms with van der Waals surface area (Å²) in [5.74, 6) is -1.75. The maximum Gasteiger partial charge on any atom is 0.266 e. The van der Waals surface area contributed by atoms with Gasteiger partial charge in [-0.1, -0.05) is 24.3 Å². The van der Waals surface area contributed by atoms with Crippen LogP contribution >= 0.6 is 0 Å². The van der Waals surface area contributed by atoms with Gasteiger partial charge in [0.05, 0.1) is 6.20 Å². The fourth-order valence-electron chi connectivity index (χ4n) is 2.01. The van der Waals surface area contributed by atoms with E-state index in [0.29, 0.717) is 11.5 Å². The Kier molecular flexibility index (Phi) is 4.62. The molecule has 3 rings (SSSR count). The lowest BCUT2D eigenvalue weighted by molar-refractivity contribution is 0.480. The predicted octanol–water partition coefficient (Wildman–Crippen LogP) is 3.95. The number of hydrogen-bond donors (Lipinski definition) is 1. The van der Waals surface area contributed by atoms with Gasteiger partial charge in [-0.05, 0) is 36.4 Å². The third-order valence-corrected chi connectivity index (χ3v) is 4.53. The molecule has 1 N–H and O–H groups in total. The van der Waals surface area contributed by atoms with Crippen molar-refractivity contribution in [2.75, 3.05) is 4.72 Å². The van der Waals surface area contributed by atoms with Gasteiger partial charge in [-0.3, -0.25) is 4.72 Å². The van der Waals surface area contributed by atoms with Crippen molar-refractivity contribution in [1.82, 2.24) is 4.98 Å². The van der Waals surface area contributed by atoms with Crippen LogP contribution in [0.25, 0.3) is 0 Å². The number of nitrogens with zero attached hydrogens (tertiary/aromatic N) is 1. The van der Waals surface area contributed by atoms with Gasteiger partial charge in [0.2, 0.25) is 0 Å². The topological polar surface area (TPSA) is 68.3 Å². The van der Waals surface area contributed by atoms with Crippen LogP contribution in [0.5, 0.6) is 11.5 Å². The number of aromatic nitrogens is 1. The fourth-order valence-corrected chi connectivity index (χ4v) is 3.11. The molecule has 0 saturated carbocycles. The molecule has 0 radical (unpaired) electrons. The first kappa shape index (κ1) is 16.8. The van der Waals surface area contributed by atoms with Crippen molar-refractivity contribution in [2.24, 2.45) is 0 Å². The Labute approximate surface area is 143 Å². The number of hydrogen-bond acceptors (Lipinski definition) is 4. The van der Waals surface area contributed by atoms with Crippen LogP contribution in [0.3, 0.4) is 0 Å². The molecule has 1 aromatic heterocycles. The van der Waals surface area contributed by atoms with E-state index in [4.69, 9.17) is 4.74 Å². The molecule has 25 heavy (non-hydrogen) atoms. The summed E-state index contributed by atoms with van der Waals surface area (Å²) in [5, 5.41) is 0. The van der Waals surface area contributed by atoms with Gasteiger partial charge in [0, 0.05) is 0 Å². The SMILES string of the molecule is O=S(=O)(Nc1ccc(Oc2ccccc2)cn1)c1cccc(F)c1F. The normalized spacial score (nSPS) is 11.1. The molecular formula is C17H12F2N2O3S. The number of rotatable bonds is 5. The number of anilines is 1.